The highest BCUT2D eigenvalue weighted by molar-refractivity contribution is 7.98. The predicted molar refractivity (Wildman–Crippen MR) is 131 cm³/mol. The predicted octanol–water partition coefficient (Wildman–Crippen LogP) is 4.82. The highest BCUT2D eigenvalue weighted by Crippen LogP contribution is 2.59. The molecule has 4 bridgehead atoms. The summed E-state index contributed by atoms with van der Waals surface area (Å²) in [6, 6.07) is 0. The van der Waals surface area contributed by atoms with Crippen molar-refractivity contribution < 1.29 is 4.79 Å². The summed E-state index contributed by atoms with van der Waals surface area (Å²) in [6.07, 6.45) is 13.3. The van der Waals surface area contributed by atoms with Gasteiger partial charge in [0.05, 0.1) is 11.1 Å². The van der Waals surface area contributed by atoms with Gasteiger partial charge >= 0.3 is 0 Å². The molecule has 32 heavy (non-hydrogen) atoms. The highest BCUT2D eigenvalue weighted by atomic mass is 32.2. The number of amides is 1. The van der Waals surface area contributed by atoms with Gasteiger partial charge in [0, 0.05) is 23.6 Å². The lowest BCUT2D eigenvalue weighted by molar-refractivity contribution is -0.122. The van der Waals surface area contributed by atoms with Gasteiger partial charge in [-0.25, -0.2) is 4.98 Å². The lowest BCUT2D eigenvalue weighted by Gasteiger charge is -2.56. The van der Waals surface area contributed by atoms with Crippen molar-refractivity contribution in [3.05, 3.63) is 26.6 Å². The molecule has 4 saturated carbocycles. The first kappa shape index (κ1) is 21.2. The SMILES string of the molecule is O=C(CCSCc1nc2sc3c(c2c(=O)[nH]1)CCCC3)NCC12CC3CC(CC(C3)C1)C2. The number of aromatic nitrogens is 2. The lowest BCUT2D eigenvalue weighted by Crippen LogP contribution is -2.51. The van der Waals surface area contributed by atoms with Crippen molar-refractivity contribution >= 4 is 39.2 Å². The maximum absolute atomic E-state index is 12.7. The molecule has 0 unspecified atom stereocenters. The van der Waals surface area contributed by atoms with Gasteiger partial charge in [-0.1, -0.05) is 0 Å². The molecule has 5 aliphatic carbocycles. The van der Waals surface area contributed by atoms with Gasteiger partial charge in [-0.15, -0.1) is 11.3 Å². The first-order valence-corrected chi connectivity index (χ1v) is 14.4. The Kier molecular flexibility index (Phi) is 5.61. The van der Waals surface area contributed by atoms with E-state index < -0.39 is 0 Å². The van der Waals surface area contributed by atoms with Crippen molar-refractivity contribution in [1.29, 1.82) is 0 Å². The molecule has 0 atom stereocenters. The Labute approximate surface area is 197 Å². The van der Waals surface area contributed by atoms with Crippen LogP contribution in [0.15, 0.2) is 4.79 Å². The topological polar surface area (TPSA) is 74.8 Å². The molecule has 0 saturated heterocycles. The number of thioether (sulfide) groups is 1. The van der Waals surface area contributed by atoms with E-state index in [1.807, 2.05) is 0 Å². The zero-order valence-corrected chi connectivity index (χ0v) is 20.3. The number of H-pyrrole nitrogens is 1. The minimum atomic E-state index is 0.0123. The van der Waals surface area contributed by atoms with Crippen LogP contribution in [0, 0.1) is 23.2 Å². The van der Waals surface area contributed by atoms with Crippen LogP contribution in [0.1, 0.15) is 74.1 Å². The van der Waals surface area contributed by atoms with Crippen LogP contribution in [0.2, 0.25) is 0 Å². The first-order chi connectivity index (χ1) is 15.6. The van der Waals surface area contributed by atoms with Gasteiger partial charge in [0.1, 0.15) is 10.7 Å². The number of nitrogens with zero attached hydrogens (tertiary/aromatic N) is 1. The van der Waals surface area contributed by atoms with Gasteiger partial charge in [0.2, 0.25) is 5.91 Å². The second-order valence-electron chi connectivity index (χ2n) is 10.9. The van der Waals surface area contributed by atoms with Gasteiger partial charge in [-0.05, 0) is 92.9 Å². The number of thiophene rings is 1. The number of carbonyl (C=O) groups is 1. The molecule has 0 aromatic carbocycles. The standard InChI is InChI=1S/C25H33N3O2S2/c29-21(26-14-25-10-15-7-16(11-25)9-17(8-15)12-25)5-6-31-13-20-27-23(30)22-18-3-1-2-4-19(18)32-24(22)28-20/h15-17H,1-14H2,(H,26,29)(H,27,28,30). The van der Waals surface area contributed by atoms with Crippen molar-refractivity contribution in [2.75, 3.05) is 12.3 Å². The molecule has 2 N–H and O–H groups in total. The number of carbonyl (C=O) groups excluding carboxylic acids is 1. The van der Waals surface area contributed by atoms with E-state index in [2.05, 4.69) is 10.3 Å². The van der Waals surface area contributed by atoms with Crippen molar-refractivity contribution in [3.63, 3.8) is 0 Å². The second kappa shape index (κ2) is 8.46. The number of rotatable bonds is 7. The summed E-state index contributed by atoms with van der Waals surface area (Å²) >= 11 is 3.38. The van der Waals surface area contributed by atoms with E-state index in [0.717, 1.165) is 58.9 Å². The number of nitrogens with one attached hydrogen (secondary N) is 2. The van der Waals surface area contributed by atoms with Gasteiger partial charge in [0.15, 0.2) is 0 Å². The number of aryl methyl sites for hydroxylation is 2. The van der Waals surface area contributed by atoms with Gasteiger partial charge in [-0.3, -0.25) is 9.59 Å². The summed E-state index contributed by atoms with van der Waals surface area (Å²) < 4.78 is 0. The largest absolute Gasteiger partial charge is 0.356 e. The van der Waals surface area contributed by atoms with Gasteiger partial charge in [-0.2, -0.15) is 11.8 Å². The molecule has 0 spiro atoms. The van der Waals surface area contributed by atoms with E-state index >= 15 is 0 Å². The van der Waals surface area contributed by atoms with Gasteiger partial charge in [0.25, 0.3) is 5.56 Å². The van der Waals surface area contributed by atoms with E-state index in [1.54, 1.807) is 23.1 Å². The summed E-state index contributed by atoms with van der Waals surface area (Å²) in [6.45, 7) is 0.884. The Bertz CT molecular complexity index is 1050. The molecular weight excluding hydrogens is 438 g/mol. The zero-order chi connectivity index (χ0) is 21.7. The Morgan fingerprint density at radius 2 is 1.84 bits per heavy atom. The molecule has 2 aromatic heterocycles. The van der Waals surface area contributed by atoms with Crippen LogP contribution < -0.4 is 10.9 Å². The monoisotopic (exact) mass is 471 g/mol. The minimum Gasteiger partial charge on any atom is -0.356 e. The summed E-state index contributed by atoms with van der Waals surface area (Å²) in [5, 5.41) is 4.10. The molecule has 7 heteroatoms. The van der Waals surface area contributed by atoms with E-state index in [-0.39, 0.29) is 11.5 Å². The van der Waals surface area contributed by atoms with Crippen molar-refractivity contribution in [2.24, 2.45) is 23.2 Å². The molecule has 2 aromatic rings. The van der Waals surface area contributed by atoms with Crippen LogP contribution in [-0.4, -0.2) is 28.2 Å². The third-order valence-corrected chi connectivity index (χ3v) is 10.6. The second-order valence-corrected chi connectivity index (χ2v) is 13.1. The summed E-state index contributed by atoms with van der Waals surface area (Å²) in [5.74, 6) is 5.10. The average molecular weight is 472 g/mol. The Morgan fingerprint density at radius 1 is 1.12 bits per heavy atom. The van der Waals surface area contributed by atoms with Crippen LogP contribution in [-0.2, 0) is 23.4 Å². The smallest absolute Gasteiger partial charge is 0.259 e. The average Bonchev–Trinajstić information content (AvgIpc) is 3.13. The number of hydrogen-bond donors (Lipinski definition) is 2. The first-order valence-electron chi connectivity index (χ1n) is 12.4. The highest BCUT2D eigenvalue weighted by Gasteiger charge is 2.50. The lowest BCUT2D eigenvalue weighted by atomic mass is 9.49. The maximum atomic E-state index is 12.7. The molecule has 172 valence electrons. The van der Waals surface area contributed by atoms with Crippen molar-refractivity contribution in [2.45, 2.75) is 76.4 Å². The van der Waals surface area contributed by atoms with Crippen LogP contribution in [0.25, 0.3) is 10.2 Å². The summed E-state index contributed by atoms with van der Waals surface area (Å²) in [7, 11) is 0. The minimum absolute atomic E-state index is 0.0123. The van der Waals surface area contributed by atoms with Crippen LogP contribution in [0.3, 0.4) is 0 Å². The zero-order valence-electron chi connectivity index (χ0n) is 18.7. The third kappa shape index (κ3) is 4.04. The fraction of sp³-hybridized carbons (Fsp3) is 0.720. The Hall–Kier alpha value is -1.34. The molecule has 0 radical (unpaired) electrons. The molecule has 2 heterocycles. The van der Waals surface area contributed by atoms with E-state index in [4.69, 9.17) is 4.98 Å². The third-order valence-electron chi connectivity index (χ3n) is 8.41. The van der Waals surface area contributed by atoms with Crippen LogP contribution in [0.4, 0.5) is 0 Å². The van der Waals surface area contributed by atoms with Crippen molar-refractivity contribution in [3.8, 4) is 0 Å². The summed E-state index contributed by atoms with van der Waals surface area (Å²) in [5.41, 5.74) is 1.65. The van der Waals surface area contributed by atoms with E-state index in [0.29, 0.717) is 17.6 Å². The summed E-state index contributed by atoms with van der Waals surface area (Å²) in [4.78, 5) is 35.1. The molecule has 7 rings (SSSR count). The van der Waals surface area contributed by atoms with Crippen molar-refractivity contribution in [1.82, 2.24) is 15.3 Å². The normalized spacial score (nSPS) is 30.6. The van der Waals surface area contributed by atoms with Gasteiger partial charge < -0.3 is 10.3 Å². The van der Waals surface area contributed by atoms with E-state index in [1.165, 1.54) is 61.8 Å². The quantitative estimate of drug-likeness (QED) is 0.568. The molecule has 5 aliphatic rings. The molecular formula is C25H33N3O2S2. The molecule has 5 nitrogen and oxygen atoms in total. The number of fused-ring (bicyclic) bond motifs is 3. The number of hydrogen-bond acceptors (Lipinski definition) is 5. The molecule has 4 fully saturated rings. The van der Waals surface area contributed by atoms with Crippen LogP contribution in [0.5, 0.6) is 0 Å². The fourth-order valence-corrected chi connectivity index (χ4v) is 9.58. The molecule has 0 aliphatic heterocycles. The number of aromatic amines is 1. The molecule has 1 amide bonds. The van der Waals surface area contributed by atoms with Crippen LogP contribution >= 0.6 is 23.1 Å². The fourth-order valence-electron chi connectivity index (χ4n) is 7.49. The Balaban J connectivity index is 0.993. The van der Waals surface area contributed by atoms with E-state index in [9.17, 15) is 9.59 Å². The Morgan fingerprint density at radius 3 is 2.59 bits per heavy atom. The maximum Gasteiger partial charge on any atom is 0.259 e.